The highest BCUT2D eigenvalue weighted by molar-refractivity contribution is 7.67. The lowest BCUT2D eigenvalue weighted by Gasteiger charge is -2.29. The summed E-state index contributed by atoms with van der Waals surface area (Å²) in [5.41, 5.74) is 13.2. The van der Waals surface area contributed by atoms with E-state index in [0.717, 1.165) is 66.8 Å². The second kappa shape index (κ2) is 20.6. The lowest BCUT2D eigenvalue weighted by molar-refractivity contribution is 0.347. The molecule has 5 N–H and O–H groups in total. The lowest BCUT2D eigenvalue weighted by atomic mass is 9.76. The van der Waals surface area contributed by atoms with Crippen molar-refractivity contribution in [1.82, 2.24) is 0 Å². The first kappa shape index (κ1) is 55.9. The molecule has 0 unspecified atom stereocenters. The molecule has 6 nitrogen and oxygen atoms in total. The third-order valence-electron chi connectivity index (χ3n) is 11.8. The fourth-order valence-electron chi connectivity index (χ4n) is 8.81. The molecule has 6 aromatic carbocycles. The van der Waals surface area contributed by atoms with E-state index in [4.69, 9.17) is 50.9 Å². The fraction of sp³-hybridized carbons (Fsp3) is 0.357. The maximum Gasteiger partial charge on any atom is 0.441 e. The average molecular weight is 1040 g/mol. The van der Waals surface area contributed by atoms with E-state index in [-0.39, 0.29) is 27.0 Å². The molecule has 0 aromatic heterocycles. The molecule has 0 saturated heterocycles. The van der Waals surface area contributed by atoms with Crippen LogP contribution in [-0.2, 0) is 21.7 Å². The molecule has 6 aromatic rings. The van der Waals surface area contributed by atoms with Crippen molar-refractivity contribution in [3.63, 3.8) is 0 Å². The Labute approximate surface area is 426 Å². The Balaban J connectivity index is 0.000000254. The second-order valence-electron chi connectivity index (χ2n) is 22.0. The van der Waals surface area contributed by atoms with Crippen LogP contribution in [0.2, 0.25) is 20.1 Å². The molecule has 0 aliphatic heterocycles. The van der Waals surface area contributed by atoms with Crippen LogP contribution in [0.3, 0.4) is 0 Å². The Morgan fingerprint density at radius 2 is 0.706 bits per heavy atom. The maximum atomic E-state index is 10.5. The highest BCUT2D eigenvalue weighted by Gasteiger charge is 2.41. The second-order valence-corrected chi connectivity index (χ2v) is 25.9. The standard InChI is InChI=1S/C28H34Cl2O3P.C28H33Cl2O3P/c1-16-12-19(27(3,4)5)24(21(29)14-16)18-10-9-11-23(34(31,32)33)25(18)26-20(28(6,7)8)13-17(2)15-22(26)30;1-16-12-19(27(3,4)5)24(21(29)14-16)18-10-9-11-23(33-34(31)32)25(18)26-20(28(6,7)8)13-17(2)15-22(26)30/h9-15,31-33H,1-8H3;9-15,31-32H,1-8H3/q+1;. The summed E-state index contributed by atoms with van der Waals surface area (Å²) >= 11 is 27.6. The summed E-state index contributed by atoms with van der Waals surface area (Å²) in [7, 11) is -7.04. The summed E-state index contributed by atoms with van der Waals surface area (Å²) in [4.78, 5) is 51.2. The highest BCUT2D eigenvalue weighted by atomic mass is 35.5. The largest absolute Gasteiger partial charge is 0.441 e. The fourth-order valence-corrected chi connectivity index (χ4v) is 11.4. The highest BCUT2D eigenvalue weighted by Crippen LogP contribution is 2.54. The first-order valence-corrected chi connectivity index (χ1v) is 26.8. The van der Waals surface area contributed by atoms with Crippen LogP contribution >= 0.6 is 62.9 Å². The Morgan fingerprint density at radius 3 is 1.03 bits per heavy atom. The minimum absolute atomic E-state index is 0.0535. The van der Waals surface area contributed by atoms with Crippen molar-refractivity contribution < 1.29 is 29.0 Å². The van der Waals surface area contributed by atoms with Gasteiger partial charge in [0.15, 0.2) is 5.30 Å². The quantitative estimate of drug-likeness (QED) is 0.102. The molecule has 6 rings (SSSR count). The summed E-state index contributed by atoms with van der Waals surface area (Å²) in [6.07, 6.45) is 0. The summed E-state index contributed by atoms with van der Waals surface area (Å²) in [6.45, 7) is 33.5. The van der Waals surface area contributed by atoms with Crippen LogP contribution in [0.15, 0.2) is 84.9 Å². The van der Waals surface area contributed by atoms with Gasteiger partial charge < -0.3 is 14.3 Å². The average Bonchev–Trinajstić information content (AvgIpc) is 3.15. The van der Waals surface area contributed by atoms with Crippen LogP contribution in [0.4, 0.5) is 0 Å². The summed E-state index contributed by atoms with van der Waals surface area (Å²) in [6, 6.07) is 26.9. The van der Waals surface area contributed by atoms with Gasteiger partial charge in [0, 0.05) is 53.5 Å². The zero-order valence-corrected chi connectivity index (χ0v) is 46.9. The lowest BCUT2D eigenvalue weighted by Crippen LogP contribution is -2.20. The number of aryl methyl sites for hydroxylation is 4. The van der Waals surface area contributed by atoms with Crippen molar-refractivity contribution in [3.05, 3.63) is 150 Å². The molecule has 68 heavy (non-hydrogen) atoms. The predicted molar refractivity (Wildman–Crippen MR) is 294 cm³/mol. The van der Waals surface area contributed by atoms with Gasteiger partial charge in [0.25, 0.3) is 0 Å². The van der Waals surface area contributed by atoms with Crippen LogP contribution in [0.25, 0.3) is 44.5 Å². The van der Waals surface area contributed by atoms with Crippen LogP contribution in [0.1, 0.15) is 128 Å². The van der Waals surface area contributed by atoms with Gasteiger partial charge in [0.1, 0.15) is 5.75 Å². The molecular weight excluding hydrogens is 972 g/mol. The van der Waals surface area contributed by atoms with Gasteiger partial charge in [-0.1, -0.05) is 178 Å². The zero-order chi connectivity index (χ0) is 51.4. The van der Waals surface area contributed by atoms with Gasteiger partial charge in [0.05, 0.1) is 0 Å². The van der Waals surface area contributed by atoms with Gasteiger partial charge in [0.2, 0.25) is 0 Å². The van der Waals surface area contributed by atoms with E-state index in [1.807, 2.05) is 70.2 Å². The Kier molecular flexibility index (Phi) is 16.9. The van der Waals surface area contributed by atoms with Crippen molar-refractivity contribution >= 4 is 68.3 Å². The molecule has 0 heterocycles. The molecule has 12 heteroatoms. The normalized spacial score (nSPS) is 12.6. The molecule has 0 atom stereocenters. The van der Waals surface area contributed by atoms with Gasteiger partial charge in [-0.2, -0.15) is 14.7 Å². The van der Waals surface area contributed by atoms with Crippen LogP contribution in [-0.4, -0.2) is 24.5 Å². The van der Waals surface area contributed by atoms with E-state index >= 15 is 0 Å². The molecule has 0 fully saturated rings. The summed E-state index contributed by atoms with van der Waals surface area (Å²) in [5, 5.41) is 2.29. The molecule has 0 bridgehead atoms. The van der Waals surface area contributed by atoms with Crippen LogP contribution < -0.4 is 9.83 Å². The van der Waals surface area contributed by atoms with Crippen molar-refractivity contribution in [2.45, 2.75) is 132 Å². The third-order valence-corrected chi connectivity index (χ3v) is 14.4. The van der Waals surface area contributed by atoms with E-state index in [0.29, 0.717) is 48.1 Å². The minimum Gasteiger partial charge on any atom is -0.426 e. The number of hydrogen-bond acceptors (Lipinski definition) is 6. The SMILES string of the molecule is Cc1cc(Cl)c(-c2cccc(OP(O)O)c2-c2c(Cl)cc(C)cc2C(C)(C)C)c(C(C)(C)C)c1.Cc1cc(Cl)c(-c2cccc([P+](O)(O)O)c2-c2c(Cl)cc(C)cc2C(C)(C)C)c(C(C)(C)C)c1. The first-order valence-electron chi connectivity index (χ1n) is 22.5. The predicted octanol–water partition coefficient (Wildman–Crippen LogP) is 17.0. The smallest absolute Gasteiger partial charge is 0.426 e. The van der Waals surface area contributed by atoms with Gasteiger partial charge in [-0.15, -0.1) is 0 Å². The zero-order valence-electron chi connectivity index (χ0n) is 42.1. The topological polar surface area (TPSA) is 110 Å². The van der Waals surface area contributed by atoms with Gasteiger partial charge in [-0.3, -0.25) is 0 Å². The van der Waals surface area contributed by atoms with Crippen molar-refractivity contribution in [2.24, 2.45) is 0 Å². The van der Waals surface area contributed by atoms with Gasteiger partial charge in [-0.25, -0.2) is 0 Å². The van der Waals surface area contributed by atoms with E-state index in [2.05, 4.69) is 107 Å². The Hall–Kier alpha value is -3.06. The van der Waals surface area contributed by atoms with E-state index < -0.39 is 16.5 Å². The number of rotatable bonds is 7. The summed E-state index contributed by atoms with van der Waals surface area (Å²) < 4.78 is 5.58. The molecule has 364 valence electrons. The summed E-state index contributed by atoms with van der Waals surface area (Å²) in [5.74, 6) is 0.348. The van der Waals surface area contributed by atoms with Gasteiger partial charge >= 0.3 is 16.5 Å². The molecular formula is C56H67Cl4O6P2+. The van der Waals surface area contributed by atoms with Crippen molar-refractivity contribution in [3.8, 4) is 50.3 Å². The minimum atomic E-state index is -4.40. The molecule has 0 radical (unpaired) electrons. The Bertz CT molecular complexity index is 2860. The maximum absolute atomic E-state index is 10.5. The third kappa shape index (κ3) is 12.5. The van der Waals surface area contributed by atoms with Crippen molar-refractivity contribution in [1.29, 1.82) is 0 Å². The van der Waals surface area contributed by atoms with Crippen LogP contribution in [0.5, 0.6) is 5.75 Å². The molecule has 0 aliphatic rings. The van der Waals surface area contributed by atoms with Crippen LogP contribution in [0, 0.1) is 27.7 Å². The number of halogens is 4. The Morgan fingerprint density at radius 1 is 0.412 bits per heavy atom. The van der Waals surface area contributed by atoms with Crippen molar-refractivity contribution in [2.75, 3.05) is 0 Å². The van der Waals surface area contributed by atoms with Gasteiger partial charge in [-0.05, 0) is 141 Å². The van der Waals surface area contributed by atoms with E-state index in [1.165, 1.54) is 0 Å². The molecule has 0 amide bonds. The molecule has 0 aliphatic carbocycles. The van der Waals surface area contributed by atoms with E-state index in [1.54, 1.807) is 18.2 Å². The number of benzene rings is 6. The molecule has 0 spiro atoms. The molecule has 0 saturated carbocycles. The first-order chi connectivity index (χ1) is 31.0. The van der Waals surface area contributed by atoms with E-state index in [9.17, 15) is 24.5 Å². The monoisotopic (exact) mass is 1040 g/mol. The number of hydrogen-bond donors (Lipinski definition) is 5.